The van der Waals surface area contributed by atoms with Crippen molar-refractivity contribution >= 4 is 56.6 Å². The average Bonchev–Trinajstić information content (AvgIpc) is 3.21. The van der Waals surface area contributed by atoms with Gasteiger partial charge in [-0.05, 0) is 66.9 Å². The summed E-state index contributed by atoms with van der Waals surface area (Å²) >= 11 is 12.4. The highest BCUT2D eigenvalue weighted by atomic mass is 35.5. The van der Waals surface area contributed by atoms with Gasteiger partial charge in [-0.3, -0.25) is 4.79 Å². The average molecular weight is 504 g/mol. The highest BCUT2D eigenvalue weighted by molar-refractivity contribution is 6.31. The quantitative estimate of drug-likeness (QED) is 0.239. The summed E-state index contributed by atoms with van der Waals surface area (Å²) in [7, 11) is 1.56. The zero-order valence-corrected chi connectivity index (χ0v) is 20.6. The van der Waals surface area contributed by atoms with Crippen LogP contribution in [0.1, 0.15) is 18.4 Å². The summed E-state index contributed by atoms with van der Waals surface area (Å²) in [4.78, 5) is 21.1. The number of carbonyl (C=O) groups excluding carboxylic acids is 1. The molecule has 2 aromatic heterocycles. The van der Waals surface area contributed by atoms with E-state index in [1.807, 2.05) is 48.5 Å². The van der Waals surface area contributed by atoms with Crippen LogP contribution in [-0.2, 0) is 11.2 Å². The minimum Gasteiger partial charge on any atom is -0.495 e. The molecular weight excluding hydrogens is 481 g/mol. The Kier molecular flexibility index (Phi) is 6.62. The van der Waals surface area contributed by atoms with E-state index in [1.165, 1.54) is 0 Å². The molecule has 5 nitrogen and oxygen atoms in total. The first-order valence-corrected chi connectivity index (χ1v) is 12.1. The normalized spacial score (nSPS) is 11.2. The summed E-state index contributed by atoms with van der Waals surface area (Å²) in [6.45, 7) is 0. The van der Waals surface area contributed by atoms with Gasteiger partial charge in [0.2, 0.25) is 5.91 Å². The number of ether oxygens (including phenoxy) is 1. The highest BCUT2D eigenvalue weighted by Gasteiger charge is 2.16. The number of halogens is 2. The fourth-order valence-electron chi connectivity index (χ4n) is 4.32. The van der Waals surface area contributed by atoms with Crippen molar-refractivity contribution in [1.82, 2.24) is 9.97 Å². The van der Waals surface area contributed by atoms with Gasteiger partial charge in [0.1, 0.15) is 5.75 Å². The molecule has 0 fully saturated rings. The van der Waals surface area contributed by atoms with Gasteiger partial charge in [0, 0.05) is 32.8 Å². The lowest BCUT2D eigenvalue weighted by Crippen LogP contribution is -2.12. The molecule has 3 aromatic carbocycles. The van der Waals surface area contributed by atoms with Gasteiger partial charge in [0.05, 0.1) is 29.7 Å². The molecule has 0 saturated carbocycles. The molecule has 0 aliphatic carbocycles. The number of carbonyl (C=O) groups is 1. The Labute approximate surface area is 213 Å². The molecular formula is C28H23Cl2N3O2. The fourth-order valence-corrected chi connectivity index (χ4v) is 4.66. The maximum atomic E-state index is 12.7. The van der Waals surface area contributed by atoms with Crippen LogP contribution in [0.25, 0.3) is 33.2 Å². The Hall–Kier alpha value is -3.54. The first-order valence-electron chi connectivity index (χ1n) is 11.3. The number of aromatic nitrogens is 2. The third-order valence-corrected chi connectivity index (χ3v) is 6.46. The first kappa shape index (κ1) is 23.2. The Balaban J connectivity index is 1.40. The number of rotatable bonds is 7. The van der Waals surface area contributed by atoms with Crippen molar-refractivity contribution < 1.29 is 9.53 Å². The smallest absolute Gasteiger partial charge is 0.224 e. The van der Waals surface area contributed by atoms with E-state index in [2.05, 4.69) is 16.4 Å². The number of anilines is 1. The Morgan fingerprint density at radius 3 is 2.66 bits per heavy atom. The Morgan fingerprint density at radius 1 is 1.00 bits per heavy atom. The van der Waals surface area contributed by atoms with Crippen molar-refractivity contribution in [2.75, 3.05) is 12.4 Å². The van der Waals surface area contributed by atoms with Crippen molar-refractivity contribution in [3.8, 4) is 17.1 Å². The van der Waals surface area contributed by atoms with Gasteiger partial charge < -0.3 is 15.0 Å². The number of fused-ring (bicyclic) bond motifs is 2. The third-order valence-electron chi connectivity index (χ3n) is 5.99. The van der Waals surface area contributed by atoms with Gasteiger partial charge in [-0.2, -0.15) is 0 Å². The van der Waals surface area contributed by atoms with E-state index in [-0.39, 0.29) is 5.91 Å². The minimum absolute atomic E-state index is 0.103. The largest absolute Gasteiger partial charge is 0.495 e. The number of hydrogen-bond donors (Lipinski definition) is 2. The molecule has 0 aliphatic heterocycles. The molecule has 0 radical (unpaired) electrons. The van der Waals surface area contributed by atoms with Crippen LogP contribution in [0.5, 0.6) is 5.75 Å². The van der Waals surface area contributed by atoms with Gasteiger partial charge >= 0.3 is 0 Å². The molecule has 5 aromatic rings. The van der Waals surface area contributed by atoms with Crippen LogP contribution in [-0.4, -0.2) is 23.0 Å². The second-order valence-corrected chi connectivity index (χ2v) is 9.18. The lowest BCUT2D eigenvalue weighted by Gasteiger charge is -2.11. The summed E-state index contributed by atoms with van der Waals surface area (Å²) < 4.78 is 5.32. The molecule has 0 aliphatic rings. The summed E-state index contributed by atoms with van der Waals surface area (Å²) in [6.07, 6.45) is 1.67. The van der Waals surface area contributed by atoms with Crippen LogP contribution in [0, 0.1) is 0 Å². The van der Waals surface area contributed by atoms with Crippen molar-refractivity contribution in [3.05, 3.63) is 88.4 Å². The second-order valence-electron chi connectivity index (χ2n) is 8.30. The van der Waals surface area contributed by atoms with E-state index in [4.69, 9.17) is 32.9 Å². The third kappa shape index (κ3) is 4.97. The molecule has 2 N–H and O–H groups in total. The number of nitrogens with zero attached hydrogens (tertiary/aromatic N) is 1. The predicted molar refractivity (Wildman–Crippen MR) is 144 cm³/mol. The number of nitrogens with one attached hydrogen (secondary N) is 2. The van der Waals surface area contributed by atoms with Gasteiger partial charge in [-0.15, -0.1) is 0 Å². The van der Waals surface area contributed by atoms with E-state index in [9.17, 15) is 4.79 Å². The lowest BCUT2D eigenvalue weighted by molar-refractivity contribution is -0.116. The number of benzene rings is 3. The maximum Gasteiger partial charge on any atom is 0.224 e. The van der Waals surface area contributed by atoms with E-state index >= 15 is 0 Å². The number of methoxy groups -OCH3 is 1. The molecule has 5 rings (SSSR count). The van der Waals surface area contributed by atoms with E-state index in [0.717, 1.165) is 38.8 Å². The molecule has 0 spiro atoms. The SMILES string of the molecule is COc1ccc(Cl)cc1NC(=O)CCCc1c(-c2ccc3ccccc3n2)[nH]c2ccc(Cl)cc12. The number of amides is 1. The number of H-pyrrole nitrogens is 1. The highest BCUT2D eigenvalue weighted by Crippen LogP contribution is 2.33. The summed E-state index contributed by atoms with van der Waals surface area (Å²) in [5, 5.41) is 6.23. The van der Waals surface area contributed by atoms with Gasteiger partial charge in [0.25, 0.3) is 0 Å². The topological polar surface area (TPSA) is 67.0 Å². The van der Waals surface area contributed by atoms with Crippen molar-refractivity contribution in [2.45, 2.75) is 19.3 Å². The van der Waals surface area contributed by atoms with Crippen LogP contribution in [0.3, 0.4) is 0 Å². The van der Waals surface area contributed by atoms with E-state index in [1.54, 1.807) is 25.3 Å². The maximum absolute atomic E-state index is 12.7. The number of aryl methyl sites for hydroxylation is 1. The molecule has 1 amide bonds. The van der Waals surface area contributed by atoms with E-state index in [0.29, 0.717) is 40.7 Å². The van der Waals surface area contributed by atoms with Crippen molar-refractivity contribution in [1.29, 1.82) is 0 Å². The fraction of sp³-hybridized carbons (Fsp3) is 0.143. The monoisotopic (exact) mass is 503 g/mol. The Bertz CT molecular complexity index is 1540. The zero-order chi connectivity index (χ0) is 24.4. The van der Waals surface area contributed by atoms with Crippen LogP contribution in [0.4, 0.5) is 5.69 Å². The molecule has 35 heavy (non-hydrogen) atoms. The first-order chi connectivity index (χ1) is 17.0. The van der Waals surface area contributed by atoms with Gasteiger partial charge in [0.15, 0.2) is 0 Å². The summed E-state index contributed by atoms with van der Waals surface area (Å²) in [5.41, 5.74) is 5.39. The molecule has 0 unspecified atom stereocenters. The molecule has 2 heterocycles. The van der Waals surface area contributed by atoms with Crippen molar-refractivity contribution in [3.63, 3.8) is 0 Å². The minimum atomic E-state index is -0.103. The van der Waals surface area contributed by atoms with Gasteiger partial charge in [-0.25, -0.2) is 4.98 Å². The van der Waals surface area contributed by atoms with Crippen LogP contribution >= 0.6 is 23.2 Å². The molecule has 0 saturated heterocycles. The number of para-hydroxylation sites is 1. The molecule has 0 bridgehead atoms. The zero-order valence-electron chi connectivity index (χ0n) is 19.1. The second kappa shape index (κ2) is 9.98. The number of hydrogen-bond acceptors (Lipinski definition) is 3. The van der Waals surface area contributed by atoms with Crippen molar-refractivity contribution in [2.24, 2.45) is 0 Å². The van der Waals surface area contributed by atoms with Crippen LogP contribution in [0.15, 0.2) is 72.8 Å². The number of pyridine rings is 1. The van der Waals surface area contributed by atoms with Gasteiger partial charge in [-0.1, -0.05) is 47.5 Å². The number of aromatic amines is 1. The summed E-state index contributed by atoms with van der Waals surface area (Å²) in [6, 6.07) is 23.1. The molecule has 176 valence electrons. The van der Waals surface area contributed by atoms with Crippen LogP contribution in [0.2, 0.25) is 10.0 Å². The predicted octanol–water partition coefficient (Wildman–Crippen LogP) is 7.66. The van der Waals surface area contributed by atoms with Crippen LogP contribution < -0.4 is 10.1 Å². The van der Waals surface area contributed by atoms with E-state index < -0.39 is 0 Å². The Morgan fingerprint density at radius 2 is 1.80 bits per heavy atom. The molecule has 7 heteroatoms. The standard InChI is InChI=1S/C28H23Cl2N3O2/c1-35-26-14-11-19(30)16-25(26)32-27(34)8-4-6-20-21-15-18(29)10-13-23(21)33-28(20)24-12-9-17-5-2-3-7-22(17)31-24/h2-3,5,7,9-16,33H,4,6,8H2,1H3,(H,32,34). The molecule has 0 atom stereocenters. The lowest BCUT2D eigenvalue weighted by atomic mass is 10.0. The summed E-state index contributed by atoms with van der Waals surface area (Å²) in [5.74, 6) is 0.465.